The summed E-state index contributed by atoms with van der Waals surface area (Å²) in [5, 5.41) is 9.94. The lowest BCUT2D eigenvalue weighted by atomic mass is 10.2. The van der Waals surface area contributed by atoms with Crippen LogP contribution in [0.2, 0.25) is 0 Å². The van der Waals surface area contributed by atoms with Crippen molar-refractivity contribution in [1.29, 1.82) is 0 Å². The Bertz CT molecular complexity index is 896. The van der Waals surface area contributed by atoms with E-state index in [1.165, 1.54) is 41.6 Å². The van der Waals surface area contributed by atoms with E-state index in [0.717, 1.165) is 19.3 Å². The van der Waals surface area contributed by atoms with Gasteiger partial charge in [0.25, 0.3) is 5.91 Å². The number of H-pyrrole nitrogens is 1. The van der Waals surface area contributed by atoms with Crippen LogP contribution in [0, 0.1) is 0 Å². The van der Waals surface area contributed by atoms with Crippen molar-refractivity contribution in [3.05, 3.63) is 30.1 Å². The second-order valence-corrected chi connectivity index (χ2v) is 9.22. The summed E-state index contributed by atoms with van der Waals surface area (Å²) < 4.78 is 32.8. The Morgan fingerprint density at radius 3 is 2.79 bits per heavy atom. The number of benzene rings is 1. The number of carbonyl (C=O) groups is 1. The molecule has 0 bridgehead atoms. The van der Waals surface area contributed by atoms with E-state index in [1.807, 2.05) is 0 Å². The molecule has 1 aromatic carbocycles. The van der Waals surface area contributed by atoms with E-state index in [1.54, 1.807) is 6.07 Å². The predicted octanol–water partition coefficient (Wildman–Crippen LogP) is 1.51. The van der Waals surface area contributed by atoms with Crippen LogP contribution in [-0.2, 0) is 10.0 Å². The molecule has 0 radical (unpaired) electrons. The number of nitrogens with one attached hydrogen (secondary N) is 2. The lowest BCUT2D eigenvalue weighted by molar-refractivity contribution is 0.0956. The molecule has 1 amide bonds. The fourth-order valence-electron chi connectivity index (χ4n) is 2.94. The molecule has 1 fully saturated rings. The van der Waals surface area contributed by atoms with E-state index >= 15 is 0 Å². The summed E-state index contributed by atoms with van der Waals surface area (Å²) in [6, 6.07) is 4.48. The molecule has 2 N–H and O–H groups in total. The first-order valence-electron chi connectivity index (χ1n) is 8.97. The number of amides is 1. The van der Waals surface area contributed by atoms with Crippen LogP contribution < -0.4 is 10.1 Å². The molecule has 2 aromatic rings. The van der Waals surface area contributed by atoms with Gasteiger partial charge in [0, 0.05) is 31.0 Å². The van der Waals surface area contributed by atoms with Gasteiger partial charge in [-0.15, -0.1) is 0 Å². The number of hydrogen-bond acceptors (Lipinski definition) is 7. The number of piperidine rings is 1. The highest BCUT2D eigenvalue weighted by molar-refractivity contribution is 7.99. The third-order valence-corrected chi connectivity index (χ3v) is 7.18. The van der Waals surface area contributed by atoms with Crippen molar-refractivity contribution >= 4 is 27.7 Å². The molecule has 1 aliphatic rings. The number of sulfonamides is 1. The van der Waals surface area contributed by atoms with E-state index < -0.39 is 10.0 Å². The monoisotopic (exact) mass is 425 g/mol. The van der Waals surface area contributed by atoms with E-state index in [-0.39, 0.29) is 22.1 Å². The van der Waals surface area contributed by atoms with Gasteiger partial charge in [-0.1, -0.05) is 18.2 Å². The summed E-state index contributed by atoms with van der Waals surface area (Å²) in [6.45, 7) is 1.38. The highest BCUT2D eigenvalue weighted by Gasteiger charge is 2.29. The molecule has 0 aliphatic carbocycles. The topological polar surface area (TPSA) is 117 Å². The Morgan fingerprint density at radius 2 is 2.11 bits per heavy atom. The van der Waals surface area contributed by atoms with Gasteiger partial charge in [-0.2, -0.15) is 9.40 Å². The molecule has 0 spiro atoms. The van der Waals surface area contributed by atoms with Gasteiger partial charge in [0.2, 0.25) is 10.0 Å². The van der Waals surface area contributed by atoms with Crippen LogP contribution in [0.25, 0.3) is 0 Å². The van der Waals surface area contributed by atoms with Crippen molar-refractivity contribution in [3.63, 3.8) is 0 Å². The van der Waals surface area contributed by atoms with Crippen molar-refractivity contribution in [2.75, 3.05) is 32.5 Å². The molecule has 3 rings (SSSR count). The van der Waals surface area contributed by atoms with Crippen molar-refractivity contribution in [3.8, 4) is 5.75 Å². The molecule has 28 heavy (non-hydrogen) atoms. The Kier molecular flexibility index (Phi) is 6.92. The molecule has 1 aromatic heterocycles. The lowest BCUT2D eigenvalue weighted by Crippen LogP contribution is -2.36. The van der Waals surface area contributed by atoms with E-state index in [9.17, 15) is 13.2 Å². The zero-order valence-electron chi connectivity index (χ0n) is 15.6. The fourth-order valence-corrected chi connectivity index (χ4v) is 5.28. The minimum Gasteiger partial charge on any atom is -0.495 e. The number of aromatic amines is 1. The van der Waals surface area contributed by atoms with Gasteiger partial charge < -0.3 is 10.1 Å². The van der Waals surface area contributed by atoms with E-state index in [2.05, 4.69) is 20.5 Å². The van der Waals surface area contributed by atoms with E-state index in [4.69, 9.17) is 4.74 Å². The molecule has 0 unspecified atom stereocenters. The summed E-state index contributed by atoms with van der Waals surface area (Å²) >= 11 is 1.43. The SMILES string of the molecule is COc1ccc(C(=O)NCCSc2ncn[nH]2)cc1S(=O)(=O)N1CCCCC1. The Morgan fingerprint density at radius 1 is 1.32 bits per heavy atom. The van der Waals surface area contributed by atoms with Gasteiger partial charge >= 0.3 is 0 Å². The molecule has 0 saturated carbocycles. The maximum atomic E-state index is 13.0. The second-order valence-electron chi connectivity index (χ2n) is 6.23. The molecular weight excluding hydrogens is 402 g/mol. The number of aromatic nitrogens is 3. The van der Waals surface area contributed by atoms with Crippen LogP contribution >= 0.6 is 11.8 Å². The Labute approximate surface area is 168 Å². The number of hydrogen-bond donors (Lipinski definition) is 2. The van der Waals surface area contributed by atoms with Crippen LogP contribution in [0.5, 0.6) is 5.75 Å². The second kappa shape index (κ2) is 9.39. The molecule has 0 atom stereocenters. The average Bonchev–Trinajstić information content (AvgIpc) is 3.24. The van der Waals surface area contributed by atoms with Crippen molar-refractivity contribution < 1.29 is 17.9 Å². The Balaban J connectivity index is 1.69. The maximum Gasteiger partial charge on any atom is 0.251 e. The standard InChI is InChI=1S/C17H23N5O4S2/c1-26-14-6-5-13(16(23)18-7-10-27-17-19-12-20-21-17)11-15(14)28(24,25)22-8-3-2-4-9-22/h5-6,11-12H,2-4,7-10H2,1H3,(H,18,23)(H,19,20,21). The first kappa shape index (κ1) is 20.6. The summed E-state index contributed by atoms with van der Waals surface area (Å²) in [7, 11) is -2.29. The van der Waals surface area contributed by atoms with Crippen LogP contribution in [0.15, 0.2) is 34.6 Å². The largest absolute Gasteiger partial charge is 0.495 e. The predicted molar refractivity (Wildman–Crippen MR) is 105 cm³/mol. The third-order valence-electron chi connectivity index (χ3n) is 4.38. The van der Waals surface area contributed by atoms with Crippen molar-refractivity contribution in [1.82, 2.24) is 24.8 Å². The molecule has 1 aliphatic heterocycles. The van der Waals surface area contributed by atoms with Crippen LogP contribution in [-0.4, -0.2) is 66.3 Å². The summed E-state index contributed by atoms with van der Waals surface area (Å²) in [5.74, 6) is 0.509. The molecule has 9 nitrogen and oxygen atoms in total. The molecule has 1 saturated heterocycles. The minimum atomic E-state index is -3.71. The first-order chi connectivity index (χ1) is 13.5. The van der Waals surface area contributed by atoms with Gasteiger partial charge in [-0.05, 0) is 31.0 Å². The molecule has 2 heterocycles. The number of carbonyl (C=O) groups excluding carboxylic acids is 1. The number of ether oxygens (including phenoxy) is 1. The first-order valence-corrected chi connectivity index (χ1v) is 11.4. The quantitative estimate of drug-likeness (QED) is 0.486. The molecular formula is C17H23N5O4S2. The Hall–Kier alpha value is -2.11. The van der Waals surface area contributed by atoms with Crippen molar-refractivity contribution in [2.24, 2.45) is 0 Å². The molecule has 152 valence electrons. The highest BCUT2D eigenvalue weighted by Crippen LogP contribution is 2.29. The number of nitrogens with zero attached hydrogens (tertiary/aromatic N) is 3. The average molecular weight is 426 g/mol. The lowest BCUT2D eigenvalue weighted by Gasteiger charge is -2.26. The summed E-state index contributed by atoms with van der Waals surface area (Å²) in [6.07, 6.45) is 4.12. The zero-order chi connectivity index (χ0) is 20.0. The third kappa shape index (κ3) is 4.83. The fraction of sp³-hybridized carbons (Fsp3) is 0.471. The van der Waals surface area contributed by atoms with Crippen molar-refractivity contribution in [2.45, 2.75) is 29.3 Å². The van der Waals surface area contributed by atoms with Crippen LogP contribution in [0.3, 0.4) is 0 Å². The normalized spacial score (nSPS) is 15.3. The van der Waals surface area contributed by atoms with Gasteiger partial charge in [-0.25, -0.2) is 13.4 Å². The van der Waals surface area contributed by atoms with Crippen LogP contribution in [0.1, 0.15) is 29.6 Å². The summed E-state index contributed by atoms with van der Waals surface area (Å²) in [4.78, 5) is 16.5. The number of methoxy groups -OCH3 is 1. The maximum absolute atomic E-state index is 13.0. The molecule has 11 heteroatoms. The number of thioether (sulfide) groups is 1. The zero-order valence-corrected chi connectivity index (χ0v) is 17.2. The van der Waals surface area contributed by atoms with Gasteiger partial charge in [0.15, 0.2) is 5.16 Å². The number of rotatable bonds is 8. The van der Waals surface area contributed by atoms with E-state index in [0.29, 0.717) is 30.5 Å². The van der Waals surface area contributed by atoms with Gasteiger partial charge in [0.1, 0.15) is 17.0 Å². The summed E-state index contributed by atoms with van der Waals surface area (Å²) in [5.41, 5.74) is 0.279. The van der Waals surface area contributed by atoms with Gasteiger partial charge in [-0.3, -0.25) is 9.89 Å². The minimum absolute atomic E-state index is 0.0283. The smallest absolute Gasteiger partial charge is 0.251 e. The van der Waals surface area contributed by atoms with Gasteiger partial charge in [0.05, 0.1) is 7.11 Å². The highest BCUT2D eigenvalue weighted by atomic mass is 32.2. The van der Waals surface area contributed by atoms with Crippen LogP contribution in [0.4, 0.5) is 0 Å².